The summed E-state index contributed by atoms with van der Waals surface area (Å²) in [5.74, 6) is 0.252. The third kappa shape index (κ3) is 3.36. The minimum absolute atomic E-state index is 0.0134. The second kappa shape index (κ2) is 6.33. The molecule has 0 spiro atoms. The van der Waals surface area contributed by atoms with Gasteiger partial charge in [-0.05, 0) is 19.8 Å². The molecule has 1 aromatic heterocycles. The van der Waals surface area contributed by atoms with Gasteiger partial charge in [0, 0.05) is 20.1 Å². The average molecular weight is 294 g/mol. The Balaban J connectivity index is 2.15. The van der Waals surface area contributed by atoms with E-state index < -0.39 is 4.92 Å². The maximum Gasteiger partial charge on any atom is 0.332 e. The van der Waals surface area contributed by atoms with Gasteiger partial charge in [-0.3, -0.25) is 14.9 Å². The van der Waals surface area contributed by atoms with Gasteiger partial charge in [-0.15, -0.1) is 0 Å². The molecule has 0 unspecified atom stereocenters. The predicted molar refractivity (Wildman–Crippen MR) is 77.3 cm³/mol. The Hall–Kier alpha value is -2.45. The molecule has 1 saturated heterocycles. The summed E-state index contributed by atoms with van der Waals surface area (Å²) in [6.45, 7) is 3.01. The Kier molecular flexibility index (Phi) is 4.51. The van der Waals surface area contributed by atoms with E-state index in [1.54, 1.807) is 11.9 Å². The number of anilines is 2. The molecule has 0 radical (unpaired) electrons. The largest absolute Gasteiger partial charge is 0.357 e. The Morgan fingerprint density at radius 3 is 2.62 bits per heavy atom. The number of carbonyl (C=O) groups excluding carboxylic acids is 1. The van der Waals surface area contributed by atoms with Gasteiger partial charge in [-0.2, -0.15) is 4.98 Å². The van der Waals surface area contributed by atoms with Gasteiger partial charge in [0.25, 0.3) is 0 Å². The maximum atomic E-state index is 12.0. The van der Waals surface area contributed by atoms with Gasteiger partial charge in [-0.1, -0.05) is 0 Å². The summed E-state index contributed by atoms with van der Waals surface area (Å²) in [6.07, 6.45) is 2.00. The van der Waals surface area contributed by atoms with Crippen molar-refractivity contribution in [3.63, 3.8) is 0 Å². The van der Waals surface area contributed by atoms with Gasteiger partial charge in [0.1, 0.15) is 5.69 Å². The van der Waals surface area contributed by atoms with Crippen LogP contribution in [-0.4, -0.2) is 52.4 Å². The average Bonchev–Trinajstić information content (AvgIpc) is 2.97. The van der Waals surface area contributed by atoms with Gasteiger partial charge in [0.05, 0.1) is 11.5 Å². The van der Waals surface area contributed by atoms with Crippen LogP contribution >= 0.6 is 0 Å². The number of rotatable bonds is 5. The molecule has 1 amide bonds. The summed E-state index contributed by atoms with van der Waals surface area (Å²) in [6, 6.07) is 0. The Morgan fingerprint density at radius 1 is 1.38 bits per heavy atom. The molecule has 114 valence electrons. The summed E-state index contributed by atoms with van der Waals surface area (Å²) in [5.41, 5.74) is 0.0405. The molecule has 1 aliphatic rings. The van der Waals surface area contributed by atoms with E-state index >= 15 is 0 Å². The molecular weight excluding hydrogens is 276 g/mol. The lowest BCUT2D eigenvalue weighted by molar-refractivity contribution is -0.385. The lowest BCUT2D eigenvalue weighted by atomic mass is 10.3. The van der Waals surface area contributed by atoms with Crippen LogP contribution in [-0.2, 0) is 4.79 Å². The van der Waals surface area contributed by atoms with Crippen molar-refractivity contribution >= 4 is 23.4 Å². The normalized spacial score (nSPS) is 14.1. The number of aromatic nitrogens is 2. The number of amides is 1. The van der Waals surface area contributed by atoms with E-state index in [1.165, 1.54) is 6.92 Å². The highest BCUT2D eigenvalue weighted by atomic mass is 16.6. The number of nitro groups is 1. The number of hydrogen-bond donors (Lipinski definition) is 2. The molecule has 2 heterocycles. The highest BCUT2D eigenvalue weighted by Crippen LogP contribution is 2.26. The molecule has 1 fully saturated rings. The summed E-state index contributed by atoms with van der Waals surface area (Å²) in [4.78, 5) is 32.3. The molecule has 0 aliphatic carbocycles. The summed E-state index contributed by atoms with van der Waals surface area (Å²) < 4.78 is 0. The van der Waals surface area contributed by atoms with Gasteiger partial charge >= 0.3 is 5.69 Å². The zero-order chi connectivity index (χ0) is 15.4. The van der Waals surface area contributed by atoms with E-state index in [4.69, 9.17) is 0 Å². The van der Waals surface area contributed by atoms with Crippen molar-refractivity contribution in [1.29, 1.82) is 0 Å². The SMILES string of the molecule is CNc1nc(C)c([N+](=O)[O-])c(NCC(=O)N2CCCC2)n1. The fourth-order valence-electron chi connectivity index (χ4n) is 2.26. The molecule has 1 aliphatic heterocycles. The summed E-state index contributed by atoms with van der Waals surface area (Å²) in [7, 11) is 1.62. The van der Waals surface area contributed by atoms with E-state index in [1.807, 2.05) is 0 Å². The molecule has 0 bridgehead atoms. The van der Waals surface area contributed by atoms with Crippen LogP contribution in [0.25, 0.3) is 0 Å². The number of aryl methyl sites for hydroxylation is 1. The first-order valence-electron chi connectivity index (χ1n) is 6.75. The van der Waals surface area contributed by atoms with E-state index in [0.717, 1.165) is 25.9 Å². The number of hydrogen-bond acceptors (Lipinski definition) is 7. The smallest absolute Gasteiger partial charge is 0.332 e. The van der Waals surface area contributed by atoms with Crippen LogP contribution in [0.5, 0.6) is 0 Å². The van der Waals surface area contributed by atoms with E-state index in [2.05, 4.69) is 20.6 Å². The molecule has 0 atom stereocenters. The van der Waals surface area contributed by atoms with E-state index in [0.29, 0.717) is 0 Å². The van der Waals surface area contributed by atoms with Crippen LogP contribution < -0.4 is 10.6 Å². The first-order chi connectivity index (χ1) is 10.0. The third-order valence-electron chi connectivity index (χ3n) is 3.33. The van der Waals surface area contributed by atoms with Crippen molar-refractivity contribution in [3.05, 3.63) is 15.8 Å². The summed E-state index contributed by atoms with van der Waals surface area (Å²) in [5, 5.41) is 16.6. The van der Waals surface area contributed by atoms with Crippen LogP contribution in [0, 0.1) is 17.0 Å². The molecule has 2 rings (SSSR count). The monoisotopic (exact) mass is 294 g/mol. The van der Waals surface area contributed by atoms with Gasteiger partial charge in [-0.25, -0.2) is 4.98 Å². The van der Waals surface area contributed by atoms with Crippen molar-refractivity contribution in [2.75, 3.05) is 37.3 Å². The van der Waals surface area contributed by atoms with Gasteiger partial charge in [0.2, 0.25) is 17.7 Å². The molecular formula is C12H18N6O3. The first kappa shape index (κ1) is 14.9. The minimum Gasteiger partial charge on any atom is -0.357 e. The fourth-order valence-corrected chi connectivity index (χ4v) is 2.26. The van der Waals surface area contributed by atoms with Crippen molar-refractivity contribution in [2.45, 2.75) is 19.8 Å². The van der Waals surface area contributed by atoms with Crippen LogP contribution in [0.2, 0.25) is 0 Å². The van der Waals surface area contributed by atoms with Crippen LogP contribution in [0.3, 0.4) is 0 Å². The molecule has 0 saturated carbocycles. The van der Waals surface area contributed by atoms with Crippen molar-refractivity contribution in [3.8, 4) is 0 Å². The number of carbonyl (C=O) groups is 1. The Bertz CT molecular complexity index is 556. The molecule has 0 aromatic carbocycles. The van der Waals surface area contributed by atoms with Gasteiger partial charge in [0.15, 0.2) is 0 Å². The van der Waals surface area contributed by atoms with E-state index in [9.17, 15) is 14.9 Å². The Morgan fingerprint density at radius 2 is 2.05 bits per heavy atom. The highest BCUT2D eigenvalue weighted by Gasteiger charge is 2.23. The zero-order valence-electron chi connectivity index (χ0n) is 12.0. The topological polar surface area (TPSA) is 113 Å². The van der Waals surface area contributed by atoms with Crippen molar-refractivity contribution < 1.29 is 9.72 Å². The van der Waals surface area contributed by atoms with E-state index in [-0.39, 0.29) is 35.6 Å². The van der Waals surface area contributed by atoms with Crippen molar-refractivity contribution in [1.82, 2.24) is 14.9 Å². The lowest BCUT2D eigenvalue weighted by Gasteiger charge is -2.16. The van der Waals surface area contributed by atoms with Crippen LogP contribution in [0.1, 0.15) is 18.5 Å². The second-order valence-electron chi connectivity index (χ2n) is 4.78. The first-order valence-corrected chi connectivity index (χ1v) is 6.75. The third-order valence-corrected chi connectivity index (χ3v) is 3.33. The van der Waals surface area contributed by atoms with Crippen molar-refractivity contribution in [2.24, 2.45) is 0 Å². The molecule has 9 heteroatoms. The van der Waals surface area contributed by atoms with Crippen LogP contribution in [0.4, 0.5) is 17.5 Å². The van der Waals surface area contributed by atoms with Gasteiger partial charge < -0.3 is 15.5 Å². The molecule has 9 nitrogen and oxygen atoms in total. The molecule has 21 heavy (non-hydrogen) atoms. The lowest BCUT2D eigenvalue weighted by Crippen LogP contribution is -2.33. The molecule has 2 N–H and O–H groups in total. The second-order valence-corrected chi connectivity index (χ2v) is 4.78. The minimum atomic E-state index is -0.544. The summed E-state index contributed by atoms with van der Waals surface area (Å²) >= 11 is 0. The quantitative estimate of drug-likeness (QED) is 0.609. The maximum absolute atomic E-state index is 12.0. The molecule has 1 aromatic rings. The number of nitrogens with zero attached hydrogens (tertiary/aromatic N) is 4. The standard InChI is InChI=1S/C12H18N6O3/c1-8-10(18(20)21)11(16-12(13-2)15-8)14-7-9(19)17-5-3-4-6-17/h3-7H2,1-2H3,(H2,13,14,15,16). The highest BCUT2D eigenvalue weighted by molar-refractivity contribution is 5.81. The zero-order valence-corrected chi connectivity index (χ0v) is 12.0. The number of nitrogens with one attached hydrogen (secondary N) is 2. The predicted octanol–water partition coefficient (Wildman–Crippen LogP) is 0.769. The Labute approximate surface area is 121 Å². The number of likely N-dealkylation sites (tertiary alicyclic amines) is 1. The van der Waals surface area contributed by atoms with Crippen LogP contribution in [0.15, 0.2) is 0 Å². The fraction of sp³-hybridized carbons (Fsp3) is 0.583.